The van der Waals surface area contributed by atoms with Crippen molar-refractivity contribution in [2.75, 3.05) is 0 Å². The van der Waals surface area contributed by atoms with Crippen LogP contribution in [0.1, 0.15) is 55.9 Å². The molecular weight excluding hydrogens is 302 g/mol. The fourth-order valence-corrected chi connectivity index (χ4v) is 3.93. The largest absolute Gasteiger partial charge is 0.464 e. The lowest BCUT2D eigenvalue weighted by Gasteiger charge is -2.19. The summed E-state index contributed by atoms with van der Waals surface area (Å²) in [7, 11) is 0. The topological polar surface area (TPSA) is 58.9 Å². The second kappa shape index (κ2) is 5.13. The Morgan fingerprint density at radius 2 is 1.75 bits per heavy atom. The number of rotatable bonds is 0. The Morgan fingerprint density at radius 3 is 2.42 bits per heavy atom. The molecule has 24 heavy (non-hydrogen) atoms. The number of fused-ring (bicyclic) bond motifs is 4. The highest BCUT2D eigenvalue weighted by atomic mass is 16.5. The zero-order chi connectivity index (χ0) is 17.1. The lowest BCUT2D eigenvalue weighted by Crippen LogP contribution is -2.17. The number of nitrogens with zero attached hydrogens (tertiary/aromatic N) is 1. The molecule has 1 aliphatic carbocycles. The molecule has 0 radical (unpaired) electrons. The van der Waals surface area contributed by atoms with Crippen molar-refractivity contribution in [3.63, 3.8) is 0 Å². The van der Waals surface area contributed by atoms with E-state index in [1.165, 1.54) is 11.1 Å². The summed E-state index contributed by atoms with van der Waals surface area (Å²) in [6.45, 7) is 8.61. The van der Waals surface area contributed by atoms with Gasteiger partial charge in [0.05, 0.1) is 6.26 Å². The molecule has 0 spiro atoms. The number of aryl methyl sites for hydroxylation is 2. The van der Waals surface area contributed by atoms with Gasteiger partial charge in [-0.2, -0.15) is 0 Å². The van der Waals surface area contributed by atoms with Crippen molar-refractivity contribution in [1.29, 1.82) is 0 Å². The lowest BCUT2D eigenvalue weighted by atomic mass is 9.85. The Labute approximate surface area is 140 Å². The standard InChI is InChI=1S/C20H23NO3/c1-11-17-15(16(10-23-17)20(2,3)4)9-14-12-7-5-6-8-13(12)19(21-22)24-18(11)14/h9-10,22H,5-8H2,1-4H3. The second-order valence-electron chi connectivity index (χ2n) is 7.83. The second-order valence-corrected chi connectivity index (χ2v) is 7.83. The molecule has 0 atom stereocenters. The third kappa shape index (κ3) is 2.09. The van der Waals surface area contributed by atoms with E-state index in [1.807, 2.05) is 13.2 Å². The van der Waals surface area contributed by atoms with E-state index in [0.717, 1.165) is 58.7 Å². The van der Waals surface area contributed by atoms with Crippen LogP contribution >= 0.6 is 0 Å². The van der Waals surface area contributed by atoms with Crippen LogP contribution in [0.2, 0.25) is 0 Å². The van der Waals surface area contributed by atoms with Gasteiger partial charge in [0.25, 0.3) is 5.55 Å². The monoisotopic (exact) mass is 325 g/mol. The molecular formula is C20H23NO3. The van der Waals surface area contributed by atoms with E-state index in [2.05, 4.69) is 32.0 Å². The highest BCUT2D eigenvalue weighted by Gasteiger charge is 2.24. The maximum absolute atomic E-state index is 9.38. The summed E-state index contributed by atoms with van der Waals surface area (Å²) in [5.74, 6) is 0. The molecule has 0 saturated heterocycles. The molecule has 4 heteroatoms. The van der Waals surface area contributed by atoms with Gasteiger partial charge in [-0.1, -0.05) is 20.8 Å². The van der Waals surface area contributed by atoms with Crippen LogP contribution in [0, 0.1) is 6.92 Å². The molecule has 4 nitrogen and oxygen atoms in total. The molecule has 0 bridgehead atoms. The number of hydrogen-bond donors (Lipinski definition) is 1. The third-order valence-corrected chi connectivity index (χ3v) is 5.19. The number of benzene rings is 1. The predicted molar refractivity (Wildman–Crippen MR) is 93.4 cm³/mol. The first-order valence-corrected chi connectivity index (χ1v) is 8.59. The van der Waals surface area contributed by atoms with E-state index in [-0.39, 0.29) is 5.41 Å². The molecule has 4 rings (SSSR count). The van der Waals surface area contributed by atoms with Crippen molar-refractivity contribution in [2.24, 2.45) is 5.16 Å². The molecule has 1 aromatic carbocycles. The van der Waals surface area contributed by atoms with E-state index in [1.54, 1.807) is 0 Å². The Bertz CT molecular complexity index is 1020. The molecule has 0 saturated carbocycles. The van der Waals surface area contributed by atoms with Gasteiger partial charge in [-0.15, -0.1) is 0 Å². The number of hydrogen-bond acceptors (Lipinski definition) is 4. The minimum Gasteiger partial charge on any atom is -0.464 e. The Balaban J connectivity index is 2.18. The van der Waals surface area contributed by atoms with Crippen molar-refractivity contribution >= 4 is 21.9 Å². The maximum Gasteiger partial charge on any atom is 0.259 e. The summed E-state index contributed by atoms with van der Waals surface area (Å²) in [6.07, 6.45) is 6.03. The van der Waals surface area contributed by atoms with Gasteiger partial charge in [-0.3, -0.25) is 0 Å². The van der Waals surface area contributed by atoms with Gasteiger partial charge in [0, 0.05) is 27.5 Å². The summed E-state index contributed by atoms with van der Waals surface area (Å²) in [5, 5.41) is 15.1. The molecule has 0 fully saturated rings. The molecule has 1 aliphatic rings. The molecule has 2 heterocycles. The summed E-state index contributed by atoms with van der Waals surface area (Å²) in [4.78, 5) is 0. The highest BCUT2D eigenvalue weighted by molar-refractivity contribution is 6.00. The fraction of sp³-hybridized carbons (Fsp3) is 0.450. The van der Waals surface area contributed by atoms with Crippen LogP contribution in [0.25, 0.3) is 21.9 Å². The zero-order valence-corrected chi connectivity index (χ0v) is 14.7. The molecule has 0 amide bonds. The van der Waals surface area contributed by atoms with Crippen LogP contribution in [-0.4, -0.2) is 5.21 Å². The van der Waals surface area contributed by atoms with Gasteiger partial charge in [0.1, 0.15) is 11.2 Å². The molecule has 3 aromatic rings. The summed E-state index contributed by atoms with van der Waals surface area (Å²) < 4.78 is 11.8. The average molecular weight is 325 g/mol. The quantitative estimate of drug-likeness (QED) is 0.470. The summed E-state index contributed by atoms with van der Waals surface area (Å²) in [5.41, 5.74) is 6.49. The van der Waals surface area contributed by atoms with Crippen molar-refractivity contribution in [2.45, 2.75) is 58.8 Å². The van der Waals surface area contributed by atoms with Crippen LogP contribution < -0.4 is 5.55 Å². The summed E-state index contributed by atoms with van der Waals surface area (Å²) >= 11 is 0. The SMILES string of the molecule is Cc1c2occ(C(C)(C)C)c2cc2c3c(c(=NO)oc12)CCCC3. The predicted octanol–water partition coefficient (Wildman–Crippen LogP) is 4.95. The van der Waals surface area contributed by atoms with Crippen molar-refractivity contribution in [3.8, 4) is 0 Å². The molecule has 1 N–H and O–H groups in total. The Hall–Kier alpha value is -2.23. The van der Waals surface area contributed by atoms with Crippen LogP contribution in [0.4, 0.5) is 0 Å². The molecule has 0 unspecified atom stereocenters. The van der Waals surface area contributed by atoms with Gasteiger partial charge in [0.2, 0.25) is 0 Å². The first-order valence-electron chi connectivity index (χ1n) is 8.59. The van der Waals surface area contributed by atoms with E-state index in [0.29, 0.717) is 5.55 Å². The first-order chi connectivity index (χ1) is 11.4. The maximum atomic E-state index is 9.38. The van der Waals surface area contributed by atoms with Gasteiger partial charge < -0.3 is 14.0 Å². The van der Waals surface area contributed by atoms with Crippen molar-refractivity contribution < 1.29 is 14.0 Å². The number of furan rings is 1. The van der Waals surface area contributed by atoms with Crippen LogP contribution in [0.3, 0.4) is 0 Å². The van der Waals surface area contributed by atoms with E-state index in [9.17, 15) is 5.21 Å². The normalized spacial score (nSPS) is 16.1. The van der Waals surface area contributed by atoms with Gasteiger partial charge in [-0.25, -0.2) is 0 Å². The molecule has 2 aromatic heterocycles. The lowest BCUT2D eigenvalue weighted by molar-refractivity contribution is 0.274. The molecule has 0 aliphatic heterocycles. The summed E-state index contributed by atoms with van der Waals surface area (Å²) in [6, 6.07) is 2.20. The van der Waals surface area contributed by atoms with E-state index in [4.69, 9.17) is 8.83 Å². The van der Waals surface area contributed by atoms with Crippen LogP contribution in [0.5, 0.6) is 0 Å². The minimum atomic E-state index is 0.0168. The Morgan fingerprint density at radius 1 is 1.04 bits per heavy atom. The minimum absolute atomic E-state index is 0.0168. The fourth-order valence-electron chi connectivity index (χ4n) is 3.93. The van der Waals surface area contributed by atoms with Crippen LogP contribution in [-0.2, 0) is 18.3 Å². The van der Waals surface area contributed by atoms with Crippen molar-refractivity contribution in [3.05, 3.63) is 40.1 Å². The van der Waals surface area contributed by atoms with E-state index >= 15 is 0 Å². The van der Waals surface area contributed by atoms with Gasteiger partial charge in [-0.05, 0) is 54.8 Å². The highest BCUT2D eigenvalue weighted by Crippen LogP contribution is 2.38. The van der Waals surface area contributed by atoms with Crippen molar-refractivity contribution in [1.82, 2.24) is 0 Å². The molecule has 126 valence electrons. The van der Waals surface area contributed by atoms with Gasteiger partial charge >= 0.3 is 0 Å². The average Bonchev–Trinajstić information content (AvgIpc) is 2.99. The smallest absolute Gasteiger partial charge is 0.259 e. The van der Waals surface area contributed by atoms with Crippen LogP contribution in [0.15, 0.2) is 26.3 Å². The zero-order valence-electron chi connectivity index (χ0n) is 14.7. The first kappa shape index (κ1) is 15.3. The Kier molecular flexibility index (Phi) is 3.27. The van der Waals surface area contributed by atoms with E-state index < -0.39 is 0 Å². The van der Waals surface area contributed by atoms with Gasteiger partial charge in [0.15, 0.2) is 0 Å². The third-order valence-electron chi connectivity index (χ3n) is 5.19.